The summed E-state index contributed by atoms with van der Waals surface area (Å²) in [4.78, 5) is 2.18. The van der Waals surface area contributed by atoms with Crippen LogP contribution in [-0.4, -0.2) is 51.9 Å². The molecular weight excluding hydrogens is 238 g/mol. The molecule has 1 rings (SSSR count). The van der Waals surface area contributed by atoms with Crippen molar-refractivity contribution in [3.8, 4) is 0 Å². The predicted molar refractivity (Wildman–Crippen MR) is 60.7 cm³/mol. The van der Waals surface area contributed by atoms with E-state index in [1.165, 1.54) is 0 Å². The molecule has 0 aromatic heterocycles. The van der Waals surface area contributed by atoms with Crippen molar-refractivity contribution < 1.29 is 13.2 Å². The van der Waals surface area contributed by atoms with E-state index in [-0.39, 0.29) is 5.75 Å². The molecule has 0 aromatic rings. The highest BCUT2D eigenvalue weighted by Gasteiger charge is 2.36. The summed E-state index contributed by atoms with van der Waals surface area (Å²) in [6, 6.07) is 0. The molecule has 90 valence electrons. The van der Waals surface area contributed by atoms with Crippen LogP contribution in [0.3, 0.4) is 0 Å². The number of nitrogens with zero attached hydrogens (tertiary/aromatic N) is 1. The minimum atomic E-state index is -3.50. The van der Waals surface area contributed by atoms with Crippen LogP contribution in [0.4, 0.5) is 0 Å². The number of hydrogen-bond donors (Lipinski definition) is 0. The molecule has 6 heteroatoms. The van der Waals surface area contributed by atoms with Gasteiger partial charge < -0.3 is 9.64 Å². The van der Waals surface area contributed by atoms with Crippen LogP contribution in [0, 0.1) is 0 Å². The molecule has 0 N–H and O–H groups in total. The van der Waals surface area contributed by atoms with Crippen molar-refractivity contribution in [3.63, 3.8) is 0 Å². The van der Waals surface area contributed by atoms with E-state index in [0.29, 0.717) is 6.42 Å². The summed E-state index contributed by atoms with van der Waals surface area (Å²) < 4.78 is 27.7. The van der Waals surface area contributed by atoms with Crippen molar-refractivity contribution in [1.82, 2.24) is 4.90 Å². The van der Waals surface area contributed by atoms with E-state index >= 15 is 0 Å². The molecule has 1 fully saturated rings. The fourth-order valence-corrected chi connectivity index (χ4v) is 3.66. The van der Waals surface area contributed by atoms with Crippen LogP contribution in [0.15, 0.2) is 0 Å². The number of hydrogen-bond acceptors (Lipinski definition) is 4. The van der Waals surface area contributed by atoms with Crippen molar-refractivity contribution in [3.05, 3.63) is 0 Å². The van der Waals surface area contributed by atoms with Gasteiger partial charge in [0.1, 0.15) is 0 Å². The average Bonchev–Trinajstić information content (AvgIpc) is 2.27. The minimum absolute atomic E-state index is 0.0914. The molecule has 4 nitrogen and oxygen atoms in total. The number of ether oxygens (including phenoxy) is 1. The normalized spacial score (nSPS) is 30.1. The van der Waals surface area contributed by atoms with E-state index in [2.05, 4.69) is 4.90 Å². The Labute approximate surface area is 96.0 Å². The molecule has 1 aliphatic heterocycles. The van der Waals surface area contributed by atoms with E-state index < -0.39 is 14.7 Å². The topological polar surface area (TPSA) is 46.6 Å². The molecule has 0 spiro atoms. The van der Waals surface area contributed by atoms with Crippen LogP contribution >= 0.6 is 10.7 Å². The van der Waals surface area contributed by atoms with E-state index in [4.69, 9.17) is 15.4 Å². The standard InChI is InChI=1S/C9H18ClNO3S/c1-11-6-3-4-9(14-2,5-7-11)8-15(10,12)13/h3-8H2,1-2H3. The molecule has 1 atom stereocenters. The smallest absolute Gasteiger partial charge is 0.235 e. The average molecular weight is 256 g/mol. The molecule has 0 aliphatic carbocycles. The Kier molecular flexibility index (Phi) is 4.40. The quantitative estimate of drug-likeness (QED) is 0.708. The van der Waals surface area contributed by atoms with Gasteiger partial charge in [-0.25, -0.2) is 8.42 Å². The van der Waals surface area contributed by atoms with E-state index in [9.17, 15) is 8.42 Å². The van der Waals surface area contributed by atoms with Crippen molar-refractivity contribution >= 4 is 19.7 Å². The molecule has 0 bridgehead atoms. The van der Waals surface area contributed by atoms with E-state index in [1.807, 2.05) is 7.05 Å². The zero-order valence-corrected chi connectivity index (χ0v) is 10.8. The maximum atomic E-state index is 11.1. The van der Waals surface area contributed by atoms with Gasteiger partial charge >= 0.3 is 0 Å². The van der Waals surface area contributed by atoms with Crippen LogP contribution in [0.2, 0.25) is 0 Å². The second-order valence-corrected chi connectivity index (χ2v) is 7.00. The Balaban J connectivity index is 2.75. The summed E-state index contributed by atoms with van der Waals surface area (Å²) in [5, 5.41) is 0. The molecule has 0 amide bonds. The van der Waals surface area contributed by atoms with Gasteiger partial charge in [0.25, 0.3) is 0 Å². The van der Waals surface area contributed by atoms with Crippen molar-refractivity contribution in [2.24, 2.45) is 0 Å². The predicted octanol–water partition coefficient (Wildman–Crippen LogP) is 1.06. The lowest BCUT2D eigenvalue weighted by atomic mass is 9.97. The third kappa shape index (κ3) is 4.26. The first-order chi connectivity index (χ1) is 6.87. The fourth-order valence-electron chi connectivity index (χ4n) is 2.02. The Morgan fingerprint density at radius 3 is 2.60 bits per heavy atom. The highest BCUT2D eigenvalue weighted by atomic mass is 35.7. The van der Waals surface area contributed by atoms with E-state index in [1.54, 1.807) is 7.11 Å². The summed E-state index contributed by atoms with van der Waals surface area (Å²) >= 11 is 0. The van der Waals surface area contributed by atoms with Crippen LogP contribution in [0.1, 0.15) is 19.3 Å². The lowest BCUT2D eigenvalue weighted by Gasteiger charge is -2.29. The van der Waals surface area contributed by atoms with Gasteiger partial charge in [-0.3, -0.25) is 0 Å². The highest BCUT2D eigenvalue weighted by molar-refractivity contribution is 8.13. The summed E-state index contributed by atoms with van der Waals surface area (Å²) in [6.07, 6.45) is 2.41. The van der Waals surface area contributed by atoms with Gasteiger partial charge in [0.05, 0.1) is 11.4 Å². The van der Waals surface area contributed by atoms with Gasteiger partial charge in [-0.15, -0.1) is 0 Å². The largest absolute Gasteiger partial charge is 0.377 e. The number of likely N-dealkylation sites (tertiary alicyclic amines) is 1. The van der Waals surface area contributed by atoms with Crippen LogP contribution in [0.5, 0.6) is 0 Å². The molecule has 1 saturated heterocycles. The molecular formula is C9H18ClNO3S. The van der Waals surface area contributed by atoms with Crippen LogP contribution in [0.25, 0.3) is 0 Å². The Bertz CT molecular complexity index is 306. The maximum Gasteiger partial charge on any atom is 0.235 e. The molecule has 1 unspecified atom stereocenters. The third-order valence-corrected chi connectivity index (χ3v) is 4.19. The Morgan fingerprint density at radius 2 is 2.07 bits per heavy atom. The molecule has 0 aromatic carbocycles. The van der Waals surface area contributed by atoms with Crippen molar-refractivity contribution in [1.29, 1.82) is 0 Å². The van der Waals surface area contributed by atoms with Crippen LogP contribution in [-0.2, 0) is 13.8 Å². The molecule has 1 aliphatic rings. The molecule has 1 heterocycles. The first-order valence-electron chi connectivity index (χ1n) is 5.03. The molecule has 0 radical (unpaired) electrons. The Morgan fingerprint density at radius 1 is 1.40 bits per heavy atom. The monoisotopic (exact) mass is 255 g/mol. The highest BCUT2D eigenvalue weighted by Crippen LogP contribution is 2.28. The first-order valence-corrected chi connectivity index (χ1v) is 7.51. The number of rotatable bonds is 3. The second-order valence-electron chi connectivity index (χ2n) is 4.23. The SMILES string of the molecule is COC1(CS(=O)(=O)Cl)CCCN(C)CC1. The van der Waals surface area contributed by atoms with Gasteiger partial charge in [0, 0.05) is 24.3 Å². The Hall–Kier alpha value is 0.160. The second kappa shape index (κ2) is 4.99. The van der Waals surface area contributed by atoms with Crippen LogP contribution < -0.4 is 0 Å². The van der Waals surface area contributed by atoms with E-state index in [0.717, 1.165) is 25.9 Å². The summed E-state index contributed by atoms with van der Waals surface area (Å²) in [5.74, 6) is -0.0914. The van der Waals surface area contributed by atoms with Crippen molar-refractivity contribution in [2.45, 2.75) is 24.9 Å². The molecule has 0 saturated carbocycles. The summed E-state index contributed by atoms with van der Waals surface area (Å²) in [6.45, 7) is 1.83. The summed E-state index contributed by atoms with van der Waals surface area (Å²) in [5.41, 5.74) is -0.592. The first kappa shape index (κ1) is 13.2. The van der Waals surface area contributed by atoms with Gasteiger partial charge in [-0.2, -0.15) is 0 Å². The lowest BCUT2D eigenvalue weighted by Crippen LogP contribution is -2.39. The van der Waals surface area contributed by atoms with Gasteiger partial charge in [-0.05, 0) is 32.9 Å². The molecule has 15 heavy (non-hydrogen) atoms. The van der Waals surface area contributed by atoms with Gasteiger partial charge in [0.2, 0.25) is 9.05 Å². The number of halogens is 1. The minimum Gasteiger partial charge on any atom is -0.377 e. The van der Waals surface area contributed by atoms with Crippen molar-refractivity contribution in [2.75, 3.05) is 33.0 Å². The summed E-state index contributed by atoms with van der Waals surface area (Å²) in [7, 11) is 5.40. The zero-order valence-electron chi connectivity index (χ0n) is 9.20. The third-order valence-electron chi connectivity index (χ3n) is 2.99. The number of methoxy groups -OCH3 is 1. The van der Waals surface area contributed by atoms with Gasteiger partial charge in [-0.1, -0.05) is 0 Å². The maximum absolute atomic E-state index is 11.1. The lowest BCUT2D eigenvalue weighted by molar-refractivity contribution is -0.00200. The zero-order chi connectivity index (χ0) is 11.5. The fraction of sp³-hybridized carbons (Fsp3) is 1.00. The van der Waals surface area contributed by atoms with Gasteiger partial charge in [0.15, 0.2) is 0 Å².